The average Bonchev–Trinajstić information content (AvgIpc) is 3.29. The van der Waals surface area contributed by atoms with Gasteiger partial charge in [-0.1, -0.05) is 60.7 Å². The Bertz CT molecular complexity index is 1270. The van der Waals surface area contributed by atoms with Crippen LogP contribution in [0.5, 0.6) is 5.75 Å². The SMILES string of the molecule is C[C@@H](c1ccccc1)N1C[C@@H](COCc2ccccc2)Oc2cc(N3CC[C@H](O)C3)ccc2S1(=O)=O. The van der Waals surface area contributed by atoms with Crippen LogP contribution < -0.4 is 9.64 Å². The van der Waals surface area contributed by atoms with Gasteiger partial charge in [0.1, 0.15) is 16.7 Å². The highest BCUT2D eigenvalue weighted by molar-refractivity contribution is 7.89. The van der Waals surface area contributed by atoms with Crippen LogP contribution in [0, 0.1) is 0 Å². The summed E-state index contributed by atoms with van der Waals surface area (Å²) in [5.74, 6) is 0.324. The molecule has 3 atom stereocenters. The number of aliphatic hydroxyl groups excluding tert-OH is 1. The summed E-state index contributed by atoms with van der Waals surface area (Å²) in [6.07, 6.45) is -0.181. The van der Waals surface area contributed by atoms with Crippen LogP contribution in [0.3, 0.4) is 0 Å². The summed E-state index contributed by atoms with van der Waals surface area (Å²) in [5, 5.41) is 9.97. The number of anilines is 1. The van der Waals surface area contributed by atoms with Crippen molar-refractivity contribution >= 4 is 15.7 Å². The Labute approximate surface area is 212 Å². The van der Waals surface area contributed by atoms with E-state index in [1.807, 2.05) is 67.6 Å². The van der Waals surface area contributed by atoms with Crippen molar-refractivity contribution in [3.63, 3.8) is 0 Å². The first kappa shape index (κ1) is 24.8. The maximum absolute atomic E-state index is 13.9. The number of nitrogens with zero attached hydrogens (tertiary/aromatic N) is 2. The van der Waals surface area contributed by atoms with Gasteiger partial charge in [0, 0.05) is 30.9 Å². The van der Waals surface area contributed by atoms with Gasteiger partial charge in [-0.05, 0) is 36.6 Å². The summed E-state index contributed by atoms with van der Waals surface area (Å²) in [6, 6.07) is 24.3. The van der Waals surface area contributed by atoms with Crippen molar-refractivity contribution < 1.29 is 23.0 Å². The number of benzene rings is 3. The summed E-state index contributed by atoms with van der Waals surface area (Å²) < 4.78 is 41.7. The second-order valence-corrected chi connectivity index (χ2v) is 11.3. The lowest BCUT2D eigenvalue weighted by Gasteiger charge is -2.29. The number of hydrogen-bond donors (Lipinski definition) is 1. The molecule has 3 aromatic rings. The molecule has 2 aliphatic rings. The molecular weight excluding hydrogens is 476 g/mol. The average molecular weight is 509 g/mol. The second-order valence-electron chi connectivity index (χ2n) is 9.42. The molecule has 0 bridgehead atoms. The van der Waals surface area contributed by atoms with Gasteiger partial charge in [0.2, 0.25) is 10.0 Å². The number of β-amino-alcohol motifs (C(OH)–C–C–N with tert-alkyl or cyclic N) is 1. The topological polar surface area (TPSA) is 79.3 Å². The van der Waals surface area contributed by atoms with Crippen LogP contribution in [0.25, 0.3) is 0 Å². The molecule has 190 valence electrons. The Kier molecular flexibility index (Phi) is 7.29. The molecule has 2 aliphatic heterocycles. The molecule has 1 fully saturated rings. The largest absolute Gasteiger partial charge is 0.485 e. The zero-order valence-electron chi connectivity index (χ0n) is 20.4. The molecule has 0 radical (unpaired) electrons. The Morgan fingerprint density at radius 2 is 1.75 bits per heavy atom. The monoisotopic (exact) mass is 508 g/mol. The lowest BCUT2D eigenvalue weighted by atomic mass is 10.1. The van der Waals surface area contributed by atoms with E-state index in [9.17, 15) is 13.5 Å². The minimum absolute atomic E-state index is 0.152. The van der Waals surface area contributed by atoms with E-state index in [-0.39, 0.29) is 30.2 Å². The normalized spacial score (nSPS) is 22.4. The lowest BCUT2D eigenvalue weighted by Crippen LogP contribution is -2.40. The van der Waals surface area contributed by atoms with Gasteiger partial charge in [-0.3, -0.25) is 0 Å². The Balaban J connectivity index is 1.45. The van der Waals surface area contributed by atoms with Crippen molar-refractivity contribution in [2.75, 3.05) is 31.1 Å². The van der Waals surface area contributed by atoms with E-state index < -0.39 is 16.1 Å². The fourth-order valence-corrected chi connectivity index (χ4v) is 6.60. The summed E-state index contributed by atoms with van der Waals surface area (Å²) >= 11 is 0. The summed E-state index contributed by atoms with van der Waals surface area (Å²) in [6.45, 7) is 3.97. The van der Waals surface area contributed by atoms with Crippen molar-refractivity contribution in [1.82, 2.24) is 4.31 Å². The molecule has 7 nitrogen and oxygen atoms in total. The van der Waals surface area contributed by atoms with Gasteiger partial charge in [0.25, 0.3) is 0 Å². The first-order chi connectivity index (χ1) is 17.4. The molecule has 0 spiro atoms. The Morgan fingerprint density at radius 1 is 1.03 bits per heavy atom. The predicted octanol–water partition coefficient (Wildman–Crippen LogP) is 3.99. The van der Waals surface area contributed by atoms with Gasteiger partial charge < -0.3 is 19.5 Å². The molecule has 0 amide bonds. The highest BCUT2D eigenvalue weighted by Gasteiger charge is 2.38. The molecule has 2 heterocycles. The van der Waals surface area contributed by atoms with Crippen LogP contribution in [-0.2, 0) is 21.4 Å². The minimum atomic E-state index is -3.84. The fraction of sp³-hybridized carbons (Fsp3) is 0.357. The van der Waals surface area contributed by atoms with Crippen molar-refractivity contribution in [3.05, 3.63) is 90.0 Å². The van der Waals surface area contributed by atoms with Crippen LogP contribution >= 0.6 is 0 Å². The molecule has 8 heteroatoms. The zero-order valence-corrected chi connectivity index (χ0v) is 21.2. The molecule has 0 aliphatic carbocycles. The molecule has 0 unspecified atom stereocenters. The van der Waals surface area contributed by atoms with Crippen molar-refractivity contribution in [3.8, 4) is 5.75 Å². The highest BCUT2D eigenvalue weighted by Crippen LogP contribution is 2.38. The smallest absolute Gasteiger partial charge is 0.247 e. The first-order valence-electron chi connectivity index (χ1n) is 12.3. The first-order valence-corrected chi connectivity index (χ1v) is 13.8. The zero-order chi connectivity index (χ0) is 25.1. The van der Waals surface area contributed by atoms with Gasteiger partial charge in [0.15, 0.2) is 0 Å². The van der Waals surface area contributed by atoms with E-state index in [0.29, 0.717) is 31.9 Å². The third-order valence-corrected chi connectivity index (χ3v) is 8.82. The van der Waals surface area contributed by atoms with E-state index in [1.54, 1.807) is 18.2 Å². The molecule has 5 rings (SSSR count). The van der Waals surface area contributed by atoms with Crippen molar-refractivity contribution in [1.29, 1.82) is 0 Å². The maximum Gasteiger partial charge on any atom is 0.247 e. The molecule has 1 saturated heterocycles. The summed E-state index contributed by atoms with van der Waals surface area (Å²) in [5.41, 5.74) is 2.80. The fourth-order valence-electron chi connectivity index (χ4n) is 4.85. The Morgan fingerprint density at radius 3 is 2.44 bits per heavy atom. The lowest BCUT2D eigenvalue weighted by molar-refractivity contribution is 0.0313. The van der Waals surface area contributed by atoms with Crippen LogP contribution in [0.15, 0.2) is 83.8 Å². The minimum Gasteiger partial charge on any atom is -0.485 e. The van der Waals surface area contributed by atoms with Crippen molar-refractivity contribution in [2.45, 2.75) is 43.1 Å². The summed E-state index contributed by atoms with van der Waals surface area (Å²) in [4.78, 5) is 2.20. The Hall–Kier alpha value is -2.91. The standard InChI is InChI=1S/C28H32N2O5S/c1-21(23-10-6-3-7-11-23)30-18-26(20-34-19-22-8-4-2-5-9-22)35-27-16-24(29-15-14-25(31)17-29)12-13-28(27)36(30,32)33/h2-13,16,21,25-26,31H,14-15,17-20H2,1H3/t21-,25-,26-/m0/s1. The van der Waals surface area contributed by atoms with E-state index in [0.717, 1.165) is 16.8 Å². The van der Waals surface area contributed by atoms with Crippen LogP contribution in [-0.4, -0.2) is 56.3 Å². The van der Waals surface area contributed by atoms with Crippen LogP contribution in [0.4, 0.5) is 5.69 Å². The number of ether oxygens (including phenoxy) is 2. The molecular formula is C28H32N2O5S. The molecule has 36 heavy (non-hydrogen) atoms. The number of hydrogen-bond acceptors (Lipinski definition) is 6. The molecule has 1 N–H and O–H groups in total. The molecule has 3 aromatic carbocycles. The third kappa shape index (κ3) is 5.27. The van der Waals surface area contributed by atoms with Gasteiger partial charge in [-0.25, -0.2) is 8.42 Å². The van der Waals surface area contributed by atoms with Gasteiger partial charge in [-0.2, -0.15) is 4.31 Å². The molecule has 0 saturated carbocycles. The third-order valence-electron chi connectivity index (χ3n) is 6.85. The van der Waals surface area contributed by atoms with E-state index in [4.69, 9.17) is 9.47 Å². The van der Waals surface area contributed by atoms with Crippen molar-refractivity contribution in [2.24, 2.45) is 0 Å². The van der Waals surface area contributed by atoms with Gasteiger partial charge in [-0.15, -0.1) is 0 Å². The summed E-state index contributed by atoms with van der Waals surface area (Å²) in [7, 11) is -3.84. The number of rotatable bonds is 7. The highest BCUT2D eigenvalue weighted by atomic mass is 32.2. The van der Waals surface area contributed by atoms with E-state index >= 15 is 0 Å². The number of aliphatic hydroxyl groups is 1. The molecule has 0 aromatic heterocycles. The predicted molar refractivity (Wildman–Crippen MR) is 139 cm³/mol. The number of fused-ring (bicyclic) bond motifs is 1. The number of sulfonamides is 1. The van der Waals surface area contributed by atoms with Crippen LogP contribution in [0.2, 0.25) is 0 Å². The van der Waals surface area contributed by atoms with E-state index in [1.165, 1.54) is 4.31 Å². The maximum atomic E-state index is 13.9. The van der Waals surface area contributed by atoms with Gasteiger partial charge in [0.05, 0.1) is 25.9 Å². The van der Waals surface area contributed by atoms with Gasteiger partial charge >= 0.3 is 0 Å². The second kappa shape index (κ2) is 10.6. The quantitative estimate of drug-likeness (QED) is 0.520. The van der Waals surface area contributed by atoms with E-state index in [2.05, 4.69) is 4.90 Å². The van der Waals surface area contributed by atoms with Crippen LogP contribution in [0.1, 0.15) is 30.5 Å².